The van der Waals surface area contributed by atoms with Crippen LogP contribution in [0.15, 0.2) is 60.7 Å². The molecule has 2 aromatic rings. The van der Waals surface area contributed by atoms with Crippen LogP contribution in [-0.2, 0) is 10.8 Å². The fourth-order valence-corrected chi connectivity index (χ4v) is 5.49. The predicted octanol–water partition coefficient (Wildman–Crippen LogP) is 4.94. The Bertz CT molecular complexity index is 558. The van der Waals surface area contributed by atoms with Crippen molar-refractivity contribution in [2.45, 2.75) is 37.5 Å². The minimum Gasteiger partial charge on any atom is -0.0622 e. The second kappa shape index (κ2) is 3.97. The van der Waals surface area contributed by atoms with Crippen molar-refractivity contribution in [1.29, 1.82) is 0 Å². The number of benzene rings is 2. The lowest BCUT2D eigenvalue weighted by molar-refractivity contribution is -0.155. The first-order valence-electron chi connectivity index (χ1n) is 7.84. The molecule has 102 valence electrons. The standard InChI is InChI=1S/C20H22/c1-15-16(2)20(18-11-7-4-8-12-18)14-13-19(15,20)17-9-5-3-6-10-17/h3-12,15-16H,13-14H2,1-2H3/t15-,16-,19-,20+/m0/s1. The van der Waals surface area contributed by atoms with E-state index in [1.807, 2.05) is 0 Å². The van der Waals surface area contributed by atoms with E-state index in [1.165, 1.54) is 12.8 Å². The molecule has 20 heavy (non-hydrogen) atoms. The van der Waals surface area contributed by atoms with Gasteiger partial charge in [-0.15, -0.1) is 0 Å². The molecule has 0 heterocycles. The van der Waals surface area contributed by atoms with Crippen LogP contribution in [-0.4, -0.2) is 0 Å². The van der Waals surface area contributed by atoms with Gasteiger partial charge in [0.15, 0.2) is 0 Å². The van der Waals surface area contributed by atoms with Gasteiger partial charge in [0, 0.05) is 10.8 Å². The SMILES string of the molecule is C[C@H]1[C@H](C)[C@]2(c3ccccc3)CC[C@]12c1ccccc1. The van der Waals surface area contributed by atoms with Crippen LogP contribution in [0.4, 0.5) is 0 Å². The molecule has 0 aliphatic heterocycles. The zero-order valence-corrected chi connectivity index (χ0v) is 12.3. The molecular weight excluding hydrogens is 240 g/mol. The zero-order chi connectivity index (χ0) is 13.8. The van der Waals surface area contributed by atoms with E-state index < -0.39 is 0 Å². The number of fused-ring (bicyclic) bond motifs is 1. The van der Waals surface area contributed by atoms with Crippen molar-refractivity contribution in [1.82, 2.24) is 0 Å². The highest BCUT2D eigenvalue weighted by Gasteiger charge is 2.74. The van der Waals surface area contributed by atoms with E-state index in [1.54, 1.807) is 11.1 Å². The maximum atomic E-state index is 2.46. The van der Waals surface area contributed by atoms with E-state index in [2.05, 4.69) is 74.5 Å². The van der Waals surface area contributed by atoms with Gasteiger partial charge in [0.1, 0.15) is 0 Å². The topological polar surface area (TPSA) is 0 Å². The van der Waals surface area contributed by atoms with E-state index >= 15 is 0 Å². The van der Waals surface area contributed by atoms with Crippen molar-refractivity contribution >= 4 is 0 Å². The van der Waals surface area contributed by atoms with Gasteiger partial charge >= 0.3 is 0 Å². The van der Waals surface area contributed by atoms with Crippen molar-refractivity contribution in [3.63, 3.8) is 0 Å². The molecule has 0 aromatic heterocycles. The second-order valence-corrected chi connectivity index (χ2v) is 6.75. The van der Waals surface area contributed by atoms with Crippen LogP contribution in [0.5, 0.6) is 0 Å². The largest absolute Gasteiger partial charge is 0.0622 e. The minimum atomic E-state index is 0.384. The molecule has 2 fully saturated rings. The molecular formula is C20H22. The van der Waals surface area contributed by atoms with Crippen molar-refractivity contribution < 1.29 is 0 Å². The molecule has 0 heteroatoms. The van der Waals surface area contributed by atoms with Gasteiger partial charge < -0.3 is 0 Å². The Morgan fingerprint density at radius 3 is 1.30 bits per heavy atom. The third-order valence-corrected chi connectivity index (χ3v) is 6.59. The van der Waals surface area contributed by atoms with Crippen LogP contribution in [0.2, 0.25) is 0 Å². The van der Waals surface area contributed by atoms with Crippen molar-refractivity contribution in [3.05, 3.63) is 71.8 Å². The molecule has 0 bridgehead atoms. The van der Waals surface area contributed by atoms with E-state index in [0.29, 0.717) is 10.8 Å². The second-order valence-electron chi connectivity index (χ2n) is 6.75. The summed E-state index contributed by atoms with van der Waals surface area (Å²) in [6.07, 6.45) is 2.69. The van der Waals surface area contributed by atoms with E-state index in [-0.39, 0.29) is 0 Å². The third-order valence-electron chi connectivity index (χ3n) is 6.59. The molecule has 2 aromatic carbocycles. The molecule has 0 amide bonds. The normalized spacial score (nSPS) is 38.5. The maximum Gasteiger partial charge on any atom is 0.00812 e. The van der Waals surface area contributed by atoms with Crippen LogP contribution in [0.3, 0.4) is 0 Å². The lowest BCUT2D eigenvalue weighted by Crippen LogP contribution is -2.75. The van der Waals surface area contributed by atoms with Gasteiger partial charge in [-0.25, -0.2) is 0 Å². The molecule has 0 N–H and O–H groups in total. The number of hydrogen-bond donors (Lipinski definition) is 0. The summed E-state index contributed by atoms with van der Waals surface area (Å²) >= 11 is 0. The Hall–Kier alpha value is -1.56. The van der Waals surface area contributed by atoms with Crippen LogP contribution in [0, 0.1) is 11.8 Å². The molecule has 2 saturated carbocycles. The minimum absolute atomic E-state index is 0.384. The highest BCUT2D eigenvalue weighted by atomic mass is 14.8. The van der Waals surface area contributed by atoms with Crippen LogP contribution >= 0.6 is 0 Å². The fourth-order valence-electron chi connectivity index (χ4n) is 5.49. The molecule has 0 spiro atoms. The molecule has 4 atom stereocenters. The first-order chi connectivity index (χ1) is 9.73. The fraction of sp³-hybridized carbons (Fsp3) is 0.400. The van der Waals surface area contributed by atoms with Crippen LogP contribution < -0.4 is 0 Å². The Morgan fingerprint density at radius 1 is 0.650 bits per heavy atom. The van der Waals surface area contributed by atoms with Gasteiger partial charge in [-0.3, -0.25) is 0 Å². The van der Waals surface area contributed by atoms with Crippen molar-refractivity contribution in [2.24, 2.45) is 11.8 Å². The first-order valence-corrected chi connectivity index (χ1v) is 7.84. The van der Waals surface area contributed by atoms with Crippen LogP contribution in [0.1, 0.15) is 37.8 Å². The maximum absolute atomic E-state index is 2.46. The summed E-state index contributed by atoms with van der Waals surface area (Å²) in [6, 6.07) is 22.5. The predicted molar refractivity (Wildman–Crippen MR) is 83.8 cm³/mol. The molecule has 4 rings (SSSR count). The van der Waals surface area contributed by atoms with E-state index in [9.17, 15) is 0 Å². The lowest BCUT2D eigenvalue weighted by atomic mass is 9.26. The highest BCUT2D eigenvalue weighted by molar-refractivity contribution is 5.50. The Balaban J connectivity index is 1.88. The monoisotopic (exact) mass is 262 g/mol. The average Bonchev–Trinajstić information content (AvgIpc) is 2.49. The summed E-state index contributed by atoms with van der Waals surface area (Å²) in [5.41, 5.74) is 3.88. The summed E-state index contributed by atoms with van der Waals surface area (Å²) < 4.78 is 0. The van der Waals surface area contributed by atoms with Crippen molar-refractivity contribution in [3.8, 4) is 0 Å². The third kappa shape index (κ3) is 1.15. The summed E-state index contributed by atoms with van der Waals surface area (Å²) in [7, 11) is 0. The van der Waals surface area contributed by atoms with Crippen molar-refractivity contribution in [2.75, 3.05) is 0 Å². The molecule has 2 aliphatic rings. The Kier molecular flexibility index (Phi) is 2.42. The van der Waals surface area contributed by atoms with Gasteiger partial charge in [0.25, 0.3) is 0 Å². The van der Waals surface area contributed by atoms with Gasteiger partial charge in [0.05, 0.1) is 0 Å². The quantitative estimate of drug-likeness (QED) is 0.719. The van der Waals surface area contributed by atoms with Gasteiger partial charge in [0.2, 0.25) is 0 Å². The lowest BCUT2D eigenvalue weighted by Gasteiger charge is -2.76. The van der Waals surface area contributed by atoms with Gasteiger partial charge in [-0.05, 0) is 35.8 Å². The summed E-state index contributed by atoms with van der Waals surface area (Å²) in [5.74, 6) is 1.55. The smallest absolute Gasteiger partial charge is 0.00812 e. The molecule has 0 nitrogen and oxygen atoms in total. The van der Waals surface area contributed by atoms with E-state index in [4.69, 9.17) is 0 Å². The Morgan fingerprint density at radius 2 is 1.00 bits per heavy atom. The Labute approximate surface area is 121 Å². The average molecular weight is 262 g/mol. The number of rotatable bonds is 2. The van der Waals surface area contributed by atoms with Gasteiger partial charge in [-0.2, -0.15) is 0 Å². The van der Waals surface area contributed by atoms with Crippen LogP contribution in [0.25, 0.3) is 0 Å². The zero-order valence-electron chi connectivity index (χ0n) is 12.3. The molecule has 2 aliphatic carbocycles. The van der Waals surface area contributed by atoms with E-state index in [0.717, 1.165) is 11.8 Å². The summed E-state index contributed by atoms with van der Waals surface area (Å²) in [6.45, 7) is 4.91. The number of hydrogen-bond acceptors (Lipinski definition) is 0. The molecule has 0 unspecified atom stereocenters. The highest BCUT2D eigenvalue weighted by Crippen LogP contribution is 2.76. The first kappa shape index (κ1) is 12.2. The molecule has 0 radical (unpaired) electrons. The molecule has 0 saturated heterocycles. The summed E-state index contributed by atoms with van der Waals surface area (Å²) in [4.78, 5) is 0. The van der Waals surface area contributed by atoms with Gasteiger partial charge in [-0.1, -0.05) is 74.5 Å². The summed E-state index contributed by atoms with van der Waals surface area (Å²) in [5, 5.41) is 0.